The molecule has 0 aliphatic heterocycles. The van der Waals surface area contributed by atoms with Gasteiger partial charge < -0.3 is 11.1 Å². The van der Waals surface area contributed by atoms with E-state index in [1.807, 2.05) is 0 Å². The quantitative estimate of drug-likeness (QED) is 0.596. The Kier molecular flexibility index (Phi) is 8.96. The number of nitrogens with one attached hydrogen (secondary N) is 1. The van der Waals surface area contributed by atoms with Crippen LogP contribution >= 0.6 is 0 Å². The molecule has 2 nitrogen and oxygen atoms in total. The molecule has 0 fully saturated rings. The summed E-state index contributed by atoms with van der Waals surface area (Å²) in [6.07, 6.45) is 2.42. The SMILES string of the molecule is CCC(CN)CCNCC(C(C)C)C(C)C. The molecule has 0 rings (SSSR count). The molecule has 0 aromatic carbocycles. The summed E-state index contributed by atoms with van der Waals surface area (Å²) in [6, 6.07) is 0. The zero-order chi connectivity index (χ0) is 12.6. The minimum atomic E-state index is 0.698. The predicted octanol–water partition coefficient (Wildman–Crippen LogP) is 2.88. The maximum absolute atomic E-state index is 5.69. The first-order valence-corrected chi connectivity index (χ1v) is 6.93. The van der Waals surface area contributed by atoms with Crippen molar-refractivity contribution in [1.29, 1.82) is 0 Å². The third-order valence-electron chi connectivity index (χ3n) is 3.73. The van der Waals surface area contributed by atoms with Gasteiger partial charge in [-0.05, 0) is 49.7 Å². The van der Waals surface area contributed by atoms with Gasteiger partial charge in [0.1, 0.15) is 0 Å². The average Bonchev–Trinajstić information content (AvgIpc) is 2.22. The summed E-state index contributed by atoms with van der Waals surface area (Å²) in [5.41, 5.74) is 5.69. The van der Waals surface area contributed by atoms with Crippen LogP contribution in [0.4, 0.5) is 0 Å². The largest absolute Gasteiger partial charge is 0.330 e. The normalized spacial score (nSPS) is 14.1. The van der Waals surface area contributed by atoms with E-state index in [0.717, 1.165) is 37.4 Å². The molecule has 98 valence electrons. The fourth-order valence-electron chi connectivity index (χ4n) is 2.30. The highest BCUT2D eigenvalue weighted by Gasteiger charge is 2.16. The number of hydrogen-bond donors (Lipinski definition) is 2. The lowest BCUT2D eigenvalue weighted by atomic mass is 9.85. The van der Waals surface area contributed by atoms with Crippen molar-refractivity contribution in [3.05, 3.63) is 0 Å². The maximum Gasteiger partial charge on any atom is -0.00156 e. The molecule has 0 aliphatic rings. The van der Waals surface area contributed by atoms with Gasteiger partial charge in [0.05, 0.1) is 0 Å². The van der Waals surface area contributed by atoms with Crippen LogP contribution in [-0.4, -0.2) is 19.6 Å². The lowest BCUT2D eigenvalue weighted by Gasteiger charge is -2.25. The second-order valence-electron chi connectivity index (χ2n) is 5.65. The first-order chi connectivity index (χ1) is 7.52. The minimum Gasteiger partial charge on any atom is -0.330 e. The Hall–Kier alpha value is -0.0800. The van der Waals surface area contributed by atoms with Gasteiger partial charge in [0.2, 0.25) is 0 Å². The Morgan fingerprint density at radius 3 is 2.00 bits per heavy atom. The Balaban J connectivity index is 3.70. The molecule has 3 N–H and O–H groups in total. The number of rotatable bonds is 9. The second-order valence-corrected chi connectivity index (χ2v) is 5.65. The van der Waals surface area contributed by atoms with Gasteiger partial charge in [0, 0.05) is 0 Å². The summed E-state index contributed by atoms with van der Waals surface area (Å²) < 4.78 is 0. The van der Waals surface area contributed by atoms with Crippen LogP contribution in [0.15, 0.2) is 0 Å². The van der Waals surface area contributed by atoms with Crippen molar-refractivity contribution in [2.75, 3.05) is 19.6 Å². The summed E-state index contributed by atoms with van der Waals surface area (Å²) >= 11 is 0. The van der Waals surface area contributed by atoms with E-state index in [2.05, 4.69) is 39.9 Å². The van der Waals surface area contributed by atoms with Gasteiger partial charge in [-0.3, -0.25) is 0 Å². The standard InChI is InChI=1S/C14H32N2/c1-6-13(9-15)7-8-16-10-14(11(2)3)12(4)5/h11-14,16H,6-10,15H2,1-5H3. The van der Waals surface area contributed by atoms with Crippen LogP contribution in [0.3, 0.4) is 0 Å². The van der Waals surface area contributed by atoms with Gasteiger partial charge in [-0.15, -0.1) is 0 Å². The van der Waals surface area contributed by atoms with Gasteiger partial charge in [-0.2, -0.15) is 0 Å². The second kappa shape index (κ2) is 9.00. The number of nitrogens with two attached hydrogens (primary N) is 1. The molecule has 0 heterocycles. The van der Waals surface area contributed by atoms with E-state index in [1.165, 1.54) is 12.8 Å². The van der Waals surface area contributed by atoms with Crippen LogP contribution in [-0.2, 0) is 0 Å². The third-order valence-corrected chi connectivity index (χ3v) is 3.73. The molecule has 0 aliphatic carbocycles. The van der Waals surface area contributed by atoms with Crippen LogP contribution in [0.2, 0.25) is 0 Å². The molecule has 0 aromatic rings. The molecule has 0 radical (unpaired) electrons. The van der Waals surface area contributed by atoms with Crippen LogP contribution < -0.4 is 11.1 Å². The monoisotopic (exact) mass is 228 g/mol. The highest BCUT2D eigenvalue weighted by molar-refractivity contribution is 4.70. The zero-order valence-corrected chi connectivity index (χ0v) is 11.9. The molecule has 0 spiro atoms. The summed E-state index contributed by atoms with van der Waals surface area (Å²) in [5, 5.41) is 3.59. The highest BCUT2D eigenvalue weighted by atomic mass is 14.9. The highest BCUT2D eigenvalue weighted by Crippen LogP contribution is 2.19. The zero-order valence-electron chi connectivity index (χ0n) is 11.9. The molecule has 1 unspecified atom stereocenters. The van der Waals surface area contributed by atoms with Gasteiger partial charge in [-0.1, -0.05) is 41.0 Å². The summed E-state index contributed by atoms with van der Waals surface area (Å²) in [4.78, 5) is 0. The van der Waals surface area contributed by atoms with E-state index < -0.39 is 0 Å². The lowest BCUT2D eigenvalue weighted by Crippen LogP contribution is -2.31. The van der Waals surface area contributed by atoms with E-state index in [9.17, 15) is 0 Å². The molecule has 0 saturated heterocycles. The molecule has 0 amide bonds. The summed E-state index contributed by atoms with van der Waals surface area (Å²) in [5.74, 6) is 3.02. The lowest BCUT2D eigenvalue weighted by molar-refractivity contribution is 0.273. The average molecular weight is 228 g/mol. The van der Waals surface area contributed by atoms with Crippen molar-refractivity contribution < 1.29 is 0 Å². The Labute approximate surface area is 102 Å². The fourth-order valence-corrected chi connectivity index (χ4v) is 2.30. The van der Waals surface area contributed by atoms with Gasteiger partial charge >= 0.3 is 0 Å². The smallest absolute Gasteiger partial charge is 0.00156 e. The first kappa shape index (κ1) is 15.9. The van der Waals surface area contributed by atoms with Crippen LogP contribution in [0.25, 0.3) is 0 Å². The van der Waals surface area contributed by atoms with E-state index in [1.54, 1.807) is 0 Å². The van der Waals surface area contributed by atoms with Crippen molar-refractivity contribution in [3.8, 4) is 0 Å². The van der Waals surface area contributed by atoms with Crippen molar-refractivity contribution in [2.45, 2.75) is 47.5 Å². The van der Waals surface area contributed by atoms with Crippen LogP contribution in [0.5, 0.6) is 0 Å². The Morgan fingerprint density at radius 1 is 1.06 bits per heavy atom. The molecule has 0 saturated carbocycles. The van der Waals surface area contributed by atoms with Crippen molar-refractivity contribution in [1.82, 2.24) is 5.32 Å². The fraction of sp³-hybridized carbons (Fsp3) is 1.00. The molecular weight excluding hydrogens is 196 g/mol. The molecule has 2 heteroatoms. The van der Waals surface area contributed by atoms with Crippen molar-refractivity contribution in [2.24, 2.45) is 29.4 Å². The first-order valence-electron chi connectivity index (χ1n) is 6.93. The van der Waals surface area contributed by atoms with Crippen LogP contribution in [0.1, 0.15) is 47.5 Å². The topological polar surface area (TPSA) is 38.0 Å². The molecule has 16 heavy (non-hydrogen) atoms. The molecule has 0 bridgehead atoms. The third kappa shape index (κ3) is 6.49. The van der Waals surface area contributed by atoms with Crippen LogP contribution in [0, 0.1) is 23.7 Å². The van der Waals surface area contributed by atoms with E-state index in [-0.39, 0.29) is 0 Å². The minimum absolute atomic E-state index is 0.698. The van der Waals surface area contributed by atoms with E-state index in [0.29, 0.717) is 5.92 Å². The van der Waals surface area contributed by atoms with Gasteiger partial charge in [0.15, 0.2) is 0 Å². The Bertz CT molecular complexity index is 143. The molecule has 0 aromatic heterocycles. The van der Waals surface area contributed by atoms with Crippen molar-refractivity contribution in [3.63, 3.8) is 0 Å². The molecular formula is C14H32N2. The van der Waals surface area contributed by atoms with E-state index >= 15 is 0 Å². The predicted molar refractivity (Wildman–Crippen MR) is 73.5 cm³/mol. The van der Waals surface area contributed by atoms with E-state index in [4.69, 9.17) is 5.73 Å². The van der Waals surface area contributed by atoms with Crippen molar-refractivity contribution >= 4 is 0 Å². The molecule has 1 atom stereocenters. The maximum atomic E-state index is 5.69. The van der Waals surface area contributed by atoms with Gasteiger partial charge in [0.25, 0.3) is 0 Å². The summed E-state index contributed by atoms with van der Waals surface area (Å²) in [7, 11) is 0. The van der Waals surface area contributed by atoms with Gasteiger partial charge in [-0.25, -0.2) is 0 Å². The summed E-state index contributed by atoms with van der Waals surface area (Å²) in [6.45, 7) is 14.6. The Morgan fingerprint density at radius 2 is 1.62 bits per heavy atom. The number of hydrogen-bond acceptors (Lipinski definition) is 2.